The third-order valence-electron chi connectivity index (χ3n) is 11.9. The largest absolute Gasteiger partial charge is 0.455 e. The van der Waals surface area contributed by atoms with Gasteiger partial charge >= 0.3 is 0 Å². The van der Waals surface area contributed by atoms with Gasteiger partial charge in [0.2, 0.25) is 0 Å². The molecule has 0 saturated carbocycles. The summed E-state index contributed by atoms with van der Waals surface area (Å²) >= 11 is 0. The zero-order valence-corrected chi connectivity index (χ0v) is 34.0. The Bertz CT molecular complexity index is 3540. The predicted molar refractivity (Wildman–Crippen MR) is 258 cm³/mol. The van der Waals surface area contributed by atoms with Gasteiger partial charge in [0.05, 0.1) is 16.6 Å². The molecule has 294 valence electrons. The monoisotopic (exact) mass is 804 g/mol. The third-order valence-corrected chi connectivity index (χ3v) is 11.9. The van der Waals surface area contributed by atoms with Crippen LogP contribution in [0.25, 0.3) is 122 Å². The van der Waals surface area contributed by atoms with Crippen molar-refractivity contribution in [2.24, 2.45) is 0 Å². The van der Waals surface area contributed by atoms with E-state index in [1.165, 1.54) is 0 Å². The summed E-state index contributed by atoms with van der Waals surface area (Å²) in [6.45, 7) is 0. The highest BCUT2D eigenvalue weighted by molar-refractivity contribution is 6.22. The molecule has 5 nitrogen and oxygen atoms in total. The molecule has 9 aromatic carbocycles. The van der Waals surface area contributed by atoms with Crippen LogP contribution in [0.3, 0.4) is 0 Å². The molecule has 0 amide bonds. The summed E-state index contributed by atoms with van der Waals surface area (Å²) in [5.74, 6) is 1.84. The van der Waals surface area contributed by atoms with Crippen LogP contribution in [-0.2, 0) is 0 Å². The molecule has 0 bridgehead atoms. The predicted octanol–water partition coefficient (Wildman–Crippen LogP) is 15.1. The minimum atomic E-state index is 0.608. The van der Waals surface area contributed by atoms with Crippen LogP contribution in [0.1, 0.15) is 0 Å². The minimum Gasteiger partial charge on any atom is -0.455 e. The molecule has 0 saturated heterocycles. The van der Waals surface area contributed by atoms with E-state index in [4.69, 9.17) is 24.4 Å². The number of furan rings is 1. The summed E-state index contributed by atoms with van der Waals surface area (Å²) in [6, 6.07) is 75.7. The third kappa shape index (κ3) is 6.60. The van der Waals surface area contributed by atoms with Crippen molar-refractivity contribution in [3.63, 3.8) is 0 Å². The highest BCUT2D eigenvalue weighted by atomic mass is 16.3. The van der Waals surface area contributed by atoms with Gasteiger partial charge < -0.3 is 4.42 Å². The molecular weight excluding hydrogens is 769 g/mol. The quantitative estimate of drug-likeness (QED) is 0.150. The number of hydrogen-bond acceptors (Lipinski definition) is 5. The molecule has 0 N–H and O–H groups in total. The lowest BCUT2D eigenvalue weighted by Crippen LogP contribution is -2.00. The van der Waals surface area contributed by atoms with Crippen molar-refractivity contribution in [1.82, 2.24) is 19.9 Å². The van der Waals surface area contributed by atoms with Gasteiger partial charge in [0.1, 0.15) is 11.2 Å². The van der Waals surface area contributed by atoms with Crippen LogP contribution in [-0.4, -0.2) is 19.9 Å². The van der Waals surface area contributed by atoms with Gasteiger partial charge in [-0.25, -0.2) is 19.9 Å². The second-order valence-corrected chi connectivity index (χ2v) is 15.8. The Labute approximate surface area is 363 Å². The van der Waals surface area contributed by atoms with Gasteiger partial charge in [-0.3, -0.25) is 0 Å². The van der Waals surface area contributed by atoms with Crippen molar-refractivity contribution < 1.29 is 4.42 Å². The molecule has 0 unspecified atom stereocenters. The molecule has 0 aliphatic carbocycles. The van der Waals surface area contributed by atoms with E-state index in [-0.39, 0.29) is 0 Å². The van der Waals surface area contributed by atoms with E-state index in [0.29, 0.717) is 17.5 Å². The van der Waals surface area contributed by atoms with Gasteiger partial charge in [0, 0.05) is 38.4 Å². The van der Waals surface area contributed by atoms with Crippen LogP contribution in [0.2, 0.25) is 0 Å². The summed E-state index contributed by atoms with van der Waals surface area (Å²) in [4.78, 5) is 20.6. The number of fused-ring (bicyclic) bond motifs is 7. The number of hydrogen-bond donors (Lipinski definition) is 0. The minimum absolute atomic E-state index is 0.608. The van der Waals surface area contributed by atoms with Gasteiger partial charge in [-0.15, -0.1) is 0 Å². The Kier molecular flexibility index (Phi) is 8.75. The van der Waals surface area contributed by atoms with E-state index >= 15 is 0 Å². The van der Waals surface area contributed by atoms with Crippen LogP contribution in [0.5, 0.6) is 0 Å². The lowest BCUT2D eigenvalue weighted by atomic mass is 9.97. The van der Waals surface area contributed by atoms with Gasteiger partial charge in [-0.1, -0.05) is 200 Å². The van der Waals surface area contributed by atoms with Crippen LogP contribution in [0, 0.1) is 0 Å². The number of para-hydroxylation sites is 1. The molecule has 3 aromatic heterocycles. The van der Waals surface area contributed by atoms with E-state index in [1.54, 1.807) is 0 Å². The number of nitrogens with zero attached hydrogens (tertiary/aromatic N) is 4. The number of benzene rings is 9. The van der Waals surface area contributed by atoms with Crippen molar-refractivity contribution in [1.29, 1.82) is 0 Å². The van der Waals surface area contributed by atoms with E-state index < -0.39 is 0 Å². The molecule has 0 aliphatic heterocycles. The second kappa shape index (κ2) is 15.2. The first-order valence-corrected chi connectivity index (χ1v) is 21.1. The average Bonchev–Trinajstić information content (AvgIpc) is 3.77. The van der Waals surface area contributed by atoms with E-state index in [2.05, 4.69) is 194 Å². The molecule has 0 atom stereocenters. The van der Waals surface area contributed by atoms with Gasteiger partial charge in [-0.05, 0) is 57.0 Å². The zero-order valence-electron chi connectivity index (χ0n) is 34.0. The highest BCUT2D eigenvalue weighted by Gasteiger charge is 2.20. The first kappa shape index (κ1) is 36.3. The molecular formula is C58H36N4O. The fourth-order valence-electron chi connectivity index (χ4n) is 8.71. The molecule has 63 heavy (non-hydrogen) atoms. The Morgan fingerprint density at radius 1 is 0.286 bits per heavy atom. The lowest BCUT2D eigenvalue weighted by molar-refractivity contribution is 0.672. The molecule has 12 aromatic rings. The van der Waals surface area contributed by atoms with Crippen LogP contribution in [0.15, 0.2) is 223 Å². The molecule has 0 spiro atoms. The Balaban J connectivity index is 0.936. The summed E-state index contributed by atoms with van der Waals surface area (Å²) in [5.41, 5.74) is 14.0. The molecule has 0 fully saturated rings. The molecule has 5 heteroatoms. The normalized spacial score (nSPS) is 11.5. The summed E-state index contributed by atoms with van der Waals surface area (Å²) in [6.07, 6.45) is 0. The van der Waals surface area contributed by atoms with Crippen LogP contribution in [0.4, 0.5) is 0 Å². The van der Waals surface area contributed by atoms with Crippen LogP contribution < -0.4 is 0 Å². The molecule has 12 rings (SSSR count). The average molecular weight is 805 g/mol. The first-order valence-electron chi connectivity index (χ1n) is 21.1. The second-order valence-electron chi connectivity index (χ2n) is 15.8. The first-order chi connectivity index (χ1) is 31.2. The lowest BCUT2D eigenvalue weighted by Gasteiger charge is -2.11. The zero-order chi connectivity index (χ0) is 41.7. The fourth-order valence-corrected chi connectivity index (χ4v) is 8.71. The number of aromatic nitrogens is 4. The maximum Gasteiger partial charge on any atom is 0.164 e. The van der Waals surface area contributed by atoms with Crippen molar-refractivity contribution in [3.8, 4) is 78.8 Å². The van der Waals surface area contributed by atoms with Gasteiger partial charge in [0.15, 0.2) is 17.5 Å². The topological polar surface area (TPSA) is 64.7 Å². The van der Waals surface area contributed by atoms with Crippen molar-refractivity contribution >= 4 is 43.6 Å². The summed E-state index contributed by atoms with van der Waals surface area (Å²) < 4.78 is 6.61. The number of pyridine rings is 1. The number of rotatable bonds is 7. The van der Waals surface area contributed by atoms with E-state index in [1.807, 2.05) is 24.3 Å². The highest BCUT2D eigenvalue weighted by Crippen LogP contribution is 2.42. The van der Waals surface area contributed by atoms with E-state index in [0.717, 1.165) is 105 Å². The Morgan fingerprint density at radius 3 is 1.32 bits per heavy atom. The standard InChI is InChI=1S/C58H36N4O/c1-3-12-37(13-4-1)39-22-28-43(29-23-39)56-60-57(44-30-24-40(25-31-44)38-14-5-2-6-15-38)62-58(61-56)45-32-26-41(27-33-45)46-17-11-18-47(36-46)53-52-49-20-9-10-21-51(49)63-55(52)50-35-34-42-16-7-8-19-48(42)54(50)59-53/h1-36H. The fraction of sp³-hybridized carbons (Fsp3) is 0. The van der Waals surface area contributed by atoms with Crippen LogP contribution >= 0.6 is 0 Å². The SMILES string of the molecule is c1ccc(-c2ccc(-c3nc(-c4ccc(-c5ccccc5)cc4)nc(-c4ccc(-c5cccc(-c6nc7c8ccccc8ccc7c7oc8ccccc8c67)c5)cc4)n3)cc2)cc1. The smallest absolute Gasteiger partial charge is 0.164 e. The van der Waals surface area contributed by atoms with E-state index in [9.17, 15) is 0 Å². The Hall–Kier alpha value is -8.54. The maximum absolute atomic E-state index is 6.61. The molecule has 0 radical (unpaired) electrons. The Morgan fingerprint density at radius 2 is 0.730 bits per heavy atom. The van der Waals surface area contributed by atoms with Gasteiger partial charge in [0.25, 0.3) is 0 Å². The molecule has 0 aliphatic rings. The maximum atomic E-state index is 6.61. The molecule has 3 heterocycles. The van der Waals surface area contributed by atoms with Gasteiger partial charge in [-0.2, -0.15) is 0 Å². The summed E-state index contributed by atoms with van der Waals surface area (Å²) in [5, 5.41) is 5.32. The van der Waals surface area contributed by atoms with Crippen molar-refractivity contribution in [2.75, 3.05) is 0 Å². The summed E-state index contributed by atoms with van der Waals surface area (Å²) in [7, 11) is 0. The van der Waals surface area contributed by atoms with Crippen molar-refractivity contribution in [3.05, 3.63) is 218 Å². The van der Waals surface area contributed by atoms with Crippen molar-refractivity contribution in [2.45, 2.75) is 0 Å².